The minimum atomic E-state index is -0.526. The number of imidazole rings is 1. The van der Waals surface area contributed by atoms with Crippen LogP contribution in [0.25, 0.3) is 21.9 Å². The summed E-state index contributed by atoms with van der Waals surface area (Å²) in [6.07, 6.45) is 3.32. The lowest BCUT2D eigenvalue weighted by molar-refractivity contribution is -0.575. The van der Waals surface area contributed by atoms with Crippen LogP contribution >= 0.6 is 0 Å². The van der Waals surface area contributed by atoms with Crippen molar-refractivity contribution in [2.24, 2.45) is 0 Å². The third-order valence-electron chi connectivity index (χ3n) is 6.03. The number of carbonyl (C=O) groups excluding carboxylic acids is 1. The summed E-state index contributed by atoms with van der Waals surface area (Å²) in [7, 11) is 1.66. The number of unbranched alkanes of at least 4 members (excludes halogenated alkanes) is 1. The standard InChI is InChI=1S/C29H36N4O5/c1-29(2,3)38-28(34)30-15-8-9-16-32-26(14-17-36-4)31-24-19-33(35)25-18-22(12-13-23(25)27(24)32)37-20-21-10-6-5-7-11-21/h5-7,10-13,18-19H,8-9,14-17,20H2,1-4H3,(H,30,34). The summed E-state index contributed by atoms with van der Waals surface area (Å²) in [4.78, 5) is 16.7. The summed E-state index contributed by atoms with van der Waals surface area (Å²) in [6.45, 7) is 7.67. The molecule has 0 aliphatic carbocycles. The van der Waals surface area contributed by atoms with Crippen molar-refractivity contribution < 1.29 is 23.7 Å². The molecule has 0 fully saturated rings. The summed E-state index contributed by atoms with van der Waals surface area (Å²) in [5.41, 5.74) is 2.60. The molecule has 0 aliphatic rings. The molecule has 0 bridgehead atoms. The van der Waals surface area contributed by atoms with Gasteiger partial charge in [-0.15, -0.1) is 0 Å². The zero-order valence-electron chi connectivity index (χ0n) is 22.5. The van der Waals surface area contributed by atoms with Crippen molar-refractivity contribution >= 4 is 28.0 Å². The monoisotopic (exact) mass is 520 g/mol. The average molecular weight is 521 g/mol. The first-order valence-corrected chi connectivity index (χ1v) is 12.9. The molecule has 2 aromatic heterocycles. The SMILES string of the molecule is COCCc1nc2c[n+]([O-])c3cc(OCc4ccccc4)ccc3c2n1CCCCNC(=O)OC(C)(C)C. The molecular weight excluding hydrogens is 484 g/mol. The second-order valence-corrected chi connectivity index (χ2v) is 10.2. The lowest BCUT2D eigenvalue weighted by Gasteiger charge is -2.19. The summed E-state index contributed by atoms with van der Waals surface area (Å²) in [5, 5.41) is 16.6. The summed E-state index contributed by atoms with van der Waals surface area (Å²) in [5.74, 6) is 1.49. The Morgan fingerprint density at radius 1 is 1.13 bits per heavy atom. The van der Waals surface area contributed by atoms with Gasteiger partial charge in [0.25, 0.3) is 0 Å². The number of ether oxygens (including phenoxy) is 3. The molecule has 0 unspecified atom stereocenters. The van der Waals surface area contributed by atoms with Gasteiger partial charge in [-0.05, 0) is 51.3 Å². The number of pyridine rings is 1. The van der Waals surface area contributed by atoms with Gasteiger partial charge in [-0.3, -0.25) is 0 Å². The van der Waals surface area contributed by atoms with Gasteiger partial charge >= 0.3 is 6.09 Å². The molecule has 9 heteroatoms. The minimum absolute atomic E-state index is 0.414. The van der Waals surface area contributed by atoms with Crippen molar-refractivity contribution in [3.05, 3.63) is 71.3 Å². The van der Waals surface area contributed by atoms with Crippen LogP contribution in [0.1, 0.15) is 45.0 Å². The largest absolute Gasteiger partial charge is 0.618 e. The van der Waals surface area contributed by atoms with Crippen molar-refractivity contribution in [2.45, 2.75) is 58.8 Å². The van der Waals surface area contributed by atoms with E-state index in [1.807, 2.05) is 63.2 Å². The average Bonchev–Trinajstić information content (AvgIpc) is 3.22. The highest BCUT2D eigenvalue weighted by Gasteiger charge is 2.20. The van der Waals surface area contributed by atoms with E-state index in [0.29, 0.717) is 49.5 Å². The fraction of sp³-hybridized carbons (Fsp3) is 0.414. The highest BCUT2D eigenvalue weighted by atomic mass is 16.6. The van der Waals surface area contributed by atoms with E-state index in [9.17, 15) is 10.0 Å². The number of hydrogen-bond acceptors (Lipinski definition) is 6. The molecule has 0 aliphatic heterocycles. The first-order chi connectivity index (χ1) is 18.2. The summed E-state index contributed by atoms with van der Waals surface area (Å²) >= 11 is 0. The van der Waals surface area contributed by atoms with Gasteiger partial charge in [-0.25, -0.2) is 9.78 Å². The summed E-state index contributed by atoms with van der Waals surface area (Å²) < 4.78 is 19.6. The lowest BCUT2D eigenvalue weighted by atomic mass is 10.1. The van der Waals surface area contributed by atoms with Crippen LogP contribution in [0.2, 0.25) is 0 Å². The number of nitrogens with one attached hydrogen (secondary N) is 1. The van der Waals surface area contributed by atoms with Gasteiger partial charge < -0.3 is 29.3 Å². The predicted octanol–water partition coefficient (Wildman–Crippen LogP) is 4.90. The molecule has 0 saturated carbocycles. The highest BCUT2D eigenvalue weighted by molar-refractivity contribution is 6.01. The van der Waals surface area contributed by atoms with E-state index in [0.717, 1.165) is 39.9 Å². The normalized spacial score (nSPS) is 11.7. The number of carbonyl (C=O) groups is 1. The quantitative estimate of drug-likeness (QED) is 0.172. The molecule has 1 amide bonds. The van der Waals surface area contributed by atoms with Crippen molar-refractivity contribution in [1.29, 1.82) is 0 Å². The molecule has 4 aromatic rings. The van der Waals surface area contributed by atoms with Gasteiger partial charge in [-0.1, -0.05) is 30.3 Å². The Morgan fingerprint density at radius 3 is 2.66 bits per heavy atom. The van der Waals surface area contributed by atoms with Crippen LogP contribution in [0, 0.1) is 5.21 Å². The molecule has 2 aromatic carbocycles. The zero-order chi connectivity index (χ0) is 27.1. The van der Waals surface area contributed by atoms with Crippen LogP contribution in [0.5, 0.6) is 5.75 Å². The van der Waals surface area contributed by atoms with Crippen LogP contribution in [0.3, 0.4) is 0 Å². The Morgan fingerprint density at radius 2 is 1.92 bits per heavy atom. The number of aromatic nitrogens is 3. The fourth-order valence-electron chi connectivity index (χ4n) is 4.32. The molecule has 9 nitrogen and oxygen atoms in total. The van der Waals surface area contributed by atoms with Gasteiger partial charge in [0.1, 0.15) is 23.8 Å². The maximum absolute atomic E-state index is 13.0. The van der Waals surface area contributed by atoms with E-state index in [4.69, 9.17) is 19.2 Å². The van der Waals surface area contributed by atoms with E-state index in [1.54, 1.807) is 13.2 Å². The van der Waals surface area contributed by atoms with Crippen molar-refractivity contribution in [1.82, 2.24) is 14.9 Å². The maximum atomic E-state index is 13.0. The number of methoxy groups -OCH3 is 1. The molecule has 0 saturated heterocycles. The molecule has 0 atom stereocenters. The highest BCUT2D eigenvalue weighted by Crippen LogP contribution is 2.28. The second kappa shape index (κ2) is 12.1. The van der Waals surface area contributed by atoms with E-state index >= 15 is 0 Å². The third-order valence-corrected chi connectivity index (χ3v) is 6.03. The van der Waals surface area contributed by atoms with E-state index in [-0.39, 0.29) is 0 Å². The van der Waals surface area contributed by atoms with Crippen LogP contribution in [-0.4, -0.2) is 41.5 Å². The zero-order valence-corrected chi connectivity index (χ0v) is 22.5. The van der Waals surface area contributed by atoms with E-state index in [1.165, 1.54) is 6.20 Å². The Bertz CT molecular complexity index is 1380. The fourth-order valence-corrected chi connectivity index (χ4v) is 4.32. The molecule has 2 heterocycles. The Balaban J connectivity index is 1.54. The number of hydrogen-bond donors (Lipinski definition) is 1. The number of amides is 1. The number of nitrogens with zero attached hydrogens (tertiary/aromatic N) is 3. The second-order valence-electron chi connectivity index (χ2n) is 10.2. The Hall–Kier alpha value is -3.85. The number of fused-ring (bicyclic) bond motifs is 3. The minimum Gasteiger partial charge on any atom is -0.618 e. The predicted molar refractivity (Wildman–Crippen MR) is 146 cm³/mol. The third kappa shape index (κ3) is 6.92. The van der Waals surface area contributed by atoms with Gasteiger partial charge in [0.15, 0.2) is 5.52 Å². The molecule has 4 rings (SSSR count). The summed E-state index contributed by atoms with van der Waals surface area (Å²) in [6, 6.07) is 15.5. The smallest absolute Gasteiger partial charge is 0.407 e. The van der Waals surface area contributed by atoms with Gasteiger partial charge in [0, 0.05) is 26.6 Å². The number of rotatable bonds is 11. The first-order valence-electron chi connectivity index (χ1n) is 12.9. The Labute approximate surface area is 222 Å². The van der Waals surface area contributed by atoms with Gasteiger partial charge in [-0.2, -0.15) is 4.73 Å². The molecular formula is C29H36N4O5. The number of alkyl carbamates (subject to hydrolysis) is 1. The van der Waals surface area contributed by atoms with Crippen molar-refractivity contribution in [3.63, 3.8) is 0 Å². The molecule has 0 radical (unpaired) electrons. The van der Waals surface area contributed by atoms with Gasteiger partial charge in [0.05, 0.1) is 23.6 Å². The molecule has 202 valence electrons. The van der Waals surface area contributed by atoms with Crippen molar-refractivity contribution in [2.75, 3.05) is 20.3 Å². The molecule has 1 N–H and O–H groups in total. The molecule has 0 spiro atoms. The Kier molecular flexibility index (Phi) is 8.68. The van der Waals surface area contributed by atoms with Crippen LogP contribution in [0.15, 0.2) is 54.7 Å². The molecule has 38 heavy (non-hydrogen) atoms. The maximum Gasteiger partial charge on any atom is 0.407 e. The first kappa shape index (κ1) is 27.2. The van der Waals surface area contributed by atoms with Gasteiger partial charge in [0.2, 0.25) is 11.7 Å². The van der Waals surface area contributed by atoms with Crippen LogP contribution in [0.4, 0.5) is 4.79 Å². The van der Waals surface area contributed by atoms with Crippen molar-refractivity contribution in [3.8, 4) is 5.75 Å². The topological polar surface area (TPSA) is 102 Å². The van der Waals surface area contributed by atoms with E-state index in [2.05, 4.69) is 9.88 Å². The number of benzene rings is 2. The van der Waals surface area contributed by atoms with Crippen LogP contribution in [-0.2, 0) is 29.0 Å². The van der Waals surface area contributed by atoms with Crippen LogP contribution < -0.4 is 14.8 Å². The number of aryl methyl sites for hydroxylation is 1. The van der Waals surface area contributed by atoms with E-state index < -0.39 is 11.7 Å². The lowest BCUT2D eigenvalue weighted by Crippen LogP contribution is -2.33.